The summed E-state index contributed by atoms with van der Waals surface area (Å²) in [5, 5.41) is 13.7. The van der Waals surface area contributed by atoms with Crippen LogP contribution in [0.15, 0.2) is 18.2 Å². The van der Waals surface area contributed by atoms with E-state index in [0.29, 0.717) is 16.3 Å². The van der Waals surface area contributed by atoms with E-state index in [-0.39, 0.29) is 12.1 Å². The van der Waals surface area contributed by atoms with Crippen molar-refractivity contribution >= 4 is 17.6 Å². The molecule has 0 amide bonds. The van der Waals surface area contributed by atoms with Gasteiger partial charge in [-0.2, -0.15) is 5.10 Å². The summed E-state index contributed by atoms with van der Waals surface area (Å²) in [7, 11) is 0. The van der Waals surface area contributed by atoms with Gasteiger partial charge in [0.05, 0.1) is 28.5 Å². The Labute approximate surface area is 114 Å². The molecule has 0 atom stereocenters. The molecular weight excluding hydrogens is 271 g/mol. The number of hydrogen-bond acceptors (Lipinski definition) is 2. The maximum Gasteiger partial charge on any atom is 0.335 e. The van der Waals surface area contributed by atoms with E-state index in [1.807, 2.05) is 0 Å². The Morgan fingerprint density at radius 1 is 1.42 bits per heavy atom. The summed E-state index contributed by atoms with van der Waals surface area (Å²) in [6.07, 6.45) is 0. The molecule has 1 heterocycles. The van der Waals surface area contributed by atoms with Crippen LogP contribution in [0.3, 0.4) is 0 Å². The zero-order valence-corrected chi connectivity index (χ0v) is 11.2. The largest absolute Gasteiger partial charge is 0.478 e. The fourth-order valence-corrected chi connectivity index (χ4v) is 2.00. The second-order valence-corrected chi connectivity index (χ2v) is 4.67. The second-order valence-electron chi connectivity index (χ2n) is 4.30. The first-order chi connectivity index (χ1) is 8.88. The number of aromatic carboxylic acids is 1. The number of nitrogens with zero attached hydrogens (tertiary/aromatic N) is 2. The minimum atomic E-state index is -1.16. The number of aryl methyl sites for hydroxylation is 1. The van der Waals surface area contributed by atoms with Gasteiger partial charge in [-0.3, -0.25) is 4.68 Å². The smallest absolute Gasteiger partial charge is 0.335 e. The topological polar surface area (TPSA) is 55.1 Å². The molecule has 0 unspecified atom stereocenters. The molecule has 0 saturated carbocycles. The minimum Gasteiger partial charge on any atom is -0.478 e. The number of hydrogen-bond donors (Lipinski definition) is 1. The highest BCUT2D eigenvalue weighted by atomic mass is 35.5. The van der Waals surface area contributed by atoms with E-state index in [0.717, 1.165) is 11.8 Å². The number of halogens is 2. The van der Waals surface area contributed by atoms with Crippen molar-refractivity contribution in [3.05, 3.63) is 51.6 Å². The molecule has 1 aromatic heterocycles. The first-order valence-corrected chi connectivity index (χ1v) is 5.98. The highest BCUT2D eigenvalue weighted by Crippen LogP contribution is 2.20. The summed E-state index contributed by atoms with van der Waals surface area (Å²) in [4.78, 5) is 10.9. The third-order valence-corrected chi connectivity index (χ3v) is 3.38. The molecule has 0 aliphatic rings. The van der Waals surface area contributed by atoms with Gasteiger partial charge in [-0.25, -0.2) is 9.18 Å². The molecule has 4 nitrogen and oxygen atoms in total. The van der Waals surface area contributed by atoms with Crippen LogP contribution >= 0.6 is 11.6 Å². The standard InChI is InChI=1S/C13H12ClFN2O2/c1-7-12(14)8(2)17(16-7)6-9-3-10(13(18)19)5-11(15)4-9/h3-5H,6H2,1-2H3,(H,18,19). The molecule has 0 fully saturated rings. The monoisotopic (exact) mass is 282 g/mol. The zero-order chi connectivity index (χ0) is 14.2. The zero-order valence-electron chi connectivity index (χ0n) is 10.4. The third-order valence-electron chi connectivity index (χ3n) is 2.83. The Bertz CT molecular complexity index is 652. The average Bonchev–Trinajstić information content (AvgIpc) is 2.56. The lowest BCUT2D eigenvalue weighted by Gasteiger charge is -2.06. The Balaban J connectivity index is 2.38. The van der Waals surface area contributed by atoms with Crippen LogP contribution in [-0.2, 0) is 6.54 Å². The lowest BCUT2D eigenvalue weighted by molar-refractivity contribution is 0.0696. The molecule has 0 aliphatic carbocycles. The number of aromatic nitrogens is 2. The lowest BCUT2D eigenvalue weighted by Crippen LogP contribution is -2.06. The summed E-state index contributed by atoms with van der Waals surface area (Å²) >= 11 is 6.03. The molecule has 0 radical (unpaired) electrons. The first-order valence-electron chi connectivity index (χ1n) is 5.60. The van der Waals surface area contributed by atoms with Gasteiger partial charge in [0.2, 0.25) is 0 Å². The molecule has 0 aliphatic heterocycles. The molecule has 1 aromatic carbocycles. The minimum absolute atomic E-state index is 0.0809. The predicted octanol–water partition coefficient (Wildman–Crippen LogP) is 3.04. The molecule has 19 heavy (non-hydrogen) atoms. The molecule has 100 valence electrons. The van der Waals surface area contributed by atoms with Gasteiger partial charge >= 0.3 is 5.97 Å². The third kappa shape index (κ3) is 2.76. The van der Waals surface area contributed by atoms with Crippen LogP contribution in [0, 0.1) is 19.7 Å². The van der Waals surface area contributed by atoms with Gasteiger partial charge in [0, 0.05) is 0 Å². The summed E-state index contributed by atoms with van der Waals surface area (Å²) in [6.45, 7) is 3.86. The van der Waals surface area contributed by atoms with E-state index in [1.165, 1.54) is 12.1 Å². The van der Waals surface area contributed by atoms with Crippen molar-refractivity contribution in [3.63, 3.8) is 0 Å². The van der Waals surface area contributed by atoms with E-state index in [9.17, 15) is 9.18 Å². The summed E-state index contributed by atoms with van der Waals surface area (Å²) in [5.74, 6) is -1.74. The fourth-order valence-electron chi connectivity index (χ4n) is 1.87. The van der Waals surface area contributed by atoms with Gasteiger partial charge in [0.25, 0.3) is 0 Å². The maximum absolute atomic E-state index is 13.4. The highest BCUT2D eigenvalue weighted by molar-refractivity contribution is 6.31. The lowest BCUT2D eigenvalue weighted by atomic mass is 10.1. The van der Waals surface area contributed by atoms with Crippen LogP contribution in [-0.4, -0.2) is 20.9 Å². The van der Waals surface area contributed by atoms with E-state index < -0.39 is 11.8 Å². The van der Waals surface area contributed by atoms with Crippen molar-refractivity contribution in [1.29, 1.82) is 0 Å². The SMILES string of the molecule is Cc1nn(Cc2cc(F)cc(C(=O)O)c2)c(C)c1Cl. The van der Waals surface area contributed by atoms with E-state index >= 15 is 0 Å². The van der Waals surface area contributed by atoms with E-state index in [4.69, 9.17) is 16.7 Å². The predicted molar refractivity (Wildman–Crippen MR) is 69.2 cm³/mol. The number of carboxylic acids is 1. The van der Waals surface area contributed by atoms with Gasteiger partial charge in [-0.15, -0.1) is 0 Å². The van der Waals surface area contributed by atoms with Gasteiger partial charge in [-0.1, -0.05) is 11.6 Å². The van der Waals surface area contributed by atoms with Crippen molar-refractivity contribution in [3.8, 4) is 0 Å². The van der Waals surface area contributed by atoms with Gasteiger partial charge in [0.1, 0.15) is 5.82 Å². The van der Waals surface area contributed by atoms with E-state index in [1.54, 1.807) is 18.5 Å². The van der Waals surface area contributed by atoms with E-state index in [2.05, 4.69) is 5.10 Å². The molecule has 2 rings (SSSR count). The van der Waals surface area contributed by atoms with Crippen molar-refractivity contribution in [2.24, 2.45) is 0 Å². The quantitative estimate of drug-likeness (QED) is 0.941. The highest BCUT2D eigenvalue weighted by Gasteiger charge is 2.12. The molecule has 1 N–H and O–H groups in total. The first kappa shape index (κ1) is 13.5. The van der Waals surface area contributed by atoms with Gasteiger partial charge < -0.3 is 5.11 Å². The van der Waals surface area contributed by atoms with Crippen molar-refractivity contribution in [2.75, 3.05) is 0 Å². The Morgan fingerprint density at radius 3 is 2.63 bits per heavy atom. The molecule has 0 bridgehead atoms. The Morgan fingerprint density at radius 2 is 2.11 bits per heavy atom. The van der Waals surface area contributed by atoms with Crippen molar-refractivity contribution in [1.82, 2.24) is 9.78 Å². The van der Waals surface area contributed by atoms with Crippen LogP contribution in [0.1, 0.15) is 27.3 Å². The maximum atomic E-state index is 13.4. The van der Waals surface area contributed by atoms with Crippen LogP contribution in [0.5, 0.6) is 0 Å². The van der Waals surface area contributed by atoms with Crippen LogP contribution in [0.4, 0.5) is 4.39 Å². The second kappa shape index (κ2) is 5.01. The van der Waals surface area contributed by atoms with Crippen molar-refractivity contribution < 1.29 is 14.3 Å². The average molecular weight is 283 g/mol. The number of carboxylic acid groups (broad SMARTS) is 1. The normalized spacial score (nSPS) is 10.7. The van der Waals surface area contributed by atoms with Crippen LogP contribution < -0.4 is 0 Å². The van der Waals surface area contributed by atoms with Crippen LogP contribution in [0.2, 0.25) is 5.02 Å². The van der Waals surface area contributed by atoms with Gasteiger partial charge in [0.15, 0.2) is 0 Å². The Kier molecular flexibility index (Phi) is 3.57. The number of carbonyl (C=O) groups is 1. The fraction of sp³-hybridized carbons (Fsp3) is 0.231. The Hall–Kier alpha value is -1.88. The molecular formula is C13H12ClFN2O2. The van der Waals surface area contributed by atoms with Crippen LogP contribution in [0.25, 0.3) is 0 Å². The number of rotatable bonds is 3. The van der Waals surface area contributed by atoms with Crippen molar-refractivity contribution in [2.45, 2.75) is 20.4 Å². The molecule has 0 saturated heterocycles. The number of benzene rings is 1. The molecule has 0 spiro atoms. The van der Waals surface area contributed by atoms with Gasteiger partial charge in [-0.05, 0) is 37.6 Å². The summed E-state index contributed by atoms with van der Waals surface area (Å²) < 4.78 is 15.0. The molecule has 6 heteroatoms. The summed E-state index contributed by atoms with van der Waals surface area (Å²) in [5.41, 5.74) is 1.90. The summed E-state index contributed by atoms with van der Waals surface area (Å²) in [6, 6.07) is 3.70. The molecule has 2 aromatic rings.